The van der Waals surface area contributed by atoms with E-state index in [0.29, 0.717) is 26.2 Å². The van der Waals surface area contributed by atoms with E-state index in [9.17, 15) is 5.11 Å². The monoisotopic (exact) mass is 388 g/mol. The van der Waals surface area contributed by atoms with Gasteiger partial charge in [-0.15, -0.1) is 0 Å². The van der Waals surface area contributed by atoms with Crippen LogP contribution in [-0.4, -0.2) is 43.4 Å². The molecule has 1 aliphatic heterocycles. The van der Waals surface area contributed by atoms with Crippen molar-refractivity contribution in [1.82, 2.24) is 0 Å². The molecule has 5 nitrogen and oxygen atoms in total. The molecule has 1 fully saturated rings. The third-order valence-corrected chi connectivity index (χ3v) is 4.44. The first-order valence-electron chi connectivity index (χ1n) is 9.90. The minimum atomic E-state index is -0.651. The molecular formula is C23H32O5. The van der Waals surface area contributed by atoms with Crippen LogP contribution in [-0.2, 0) is 32.2 Å². The first-order chi connectivity index (χ1) is 13.8. The van der Waals surface area contributed by atoms with Crippen LogP contribution in [0.3, 0.4) is 0 Å². The first kappa shape index (κ1) is 22.5. The molecule has 4 atom stereocenters. The van der Waals surface area contributed by atoms with Crippen molar-refractivity contribution < 1.29 is 24.1 Å². The molecule has 0 spiro atoms. The van der Waals surface area contributed by atoms with E-state index in [1.807, 2.05) is 74.5 Å². The van der Waals surface area contributed by atoms with Crippen LogP contribution in [0.2, 0.25) is 0 Å². The summed E-state index contributed by atoms with van der Waals surface area (Å²) in [6, 6.07) is 20.0. The van der Waals surface area contributed by atoms with E-state index in [1.54, 1.807) is 0 Å². The molecule has 0 aromatic heterocycles. The number of hydrogen-bond donors (Lipinski definition) is 1. The second-order valence-corrected chi connectivity index (χ2v) is 6.42. The van der Waals surface area contributed by atoms with Crippen LogP contribution < -0.4 is 0 Å². The van der Waals surface area contributed by atoms with E-state index < -0.39 is 12.4 Å². The summed E-state index contributed by atoms with van der Waals surface area (Å²) >= 11 is 0. The van der Waals surface area contributed by atoms with Gasteiger partial charge in [-0.3, -0.25) is 0 Å². The average Bonchev–Trinajstić information content (AvgIpc) is 3.14. The lowest BCUT2D eigenvalue weighted by molar-refractivity contribution is -0.178. The summed E-state index contributed by atoms with van der Waals surface area (Å²) in [7, 11) is 1.53. The van der Waals surface area contributed by atoms with Crippen molar-refractivity contribution in [3.8, 4) is 0 Å². The molecule has 3 rings (SSSR count). The Balaban J connectivity index is 0.00000136. The molecule has 28 heavy (non-hydrogen) atoms. The third kappa shape index (κ3) is 7.00. The van der Waals surface area contributed by atoms with Crippen molar-refractivity contribution >= 4 is 0 Å². The van der Waals surface area contributed by atoms with Gasteiger partial charge < -0.3 is 24.1 Å². The van der Waals surface area contributed by atoms with Gasteiger partial charge >= 0.3 is 0 Å². The second-order valence-electron chi connectivity index (χ2n) is 6.42. The van der Waals surface area contributed by atoms with Crippen molar-refractivity contribution in [1.29, 1.82) is 0 Å². The van der Waals surface area contributed by atoms with Gasteiger partial charge in [-0.05, 0) is 11.1 Å². The maximum atomic E-state index is 10.1. The molecule has 4 unspecified atom stereocenters. The Bertz CT molecular complexity index is 634. The molecule has 1 aliphatic rings. The average molecular weight is 389 g/mol. The van der Waals surface area contributed by atoms with Crippen molar-refractivity contribution in [2.75, 3.05) is 13.7 Å². The first-order valence-corrected chi connectivity index (χ1v) is 9.90. The van der Waals surface area contributed by atoms with Crippen LogP contribution >= 0.6 is 0 Å². The van der Waals surface area contributed by atoms with E-state index in [4.69, 9.17) is 18.9 Å². The zero-order valence-electron chi connectivity index (χ0n) is 17.0. The van der Waals surface area contributed by atoms with E-state index >= 15 is 0 Å². The van der Waals surface area contributed by atoms with Gasteiger partial charge in [0, 0.05) is 13.5 Å². The number of ether oxygens (including phenoxy) is 4. The molecule has 0 amide bonds. The fourth-order valence-electron chi connectivity index (χ4n) is 3.03. The van der Waals surface area contributed by atoms with E-state index in [-0.39, 0.29) is 12.2 Å². The molecule has 0 aliphatic carbocycles. The van der Waals surface area contributed by atoms with Crippen LogP contribution in [0, 0.1) is 0 Å². The zero-order chi connectivity index (χ0) is 20.2. The largest absolute Gasteiger partial charge is 0.388 e. The summed E-state index contributed by atoms with van der Waals surface area (Å²) in [5.74, 6) is 0. The molecule has 1 heterocycles. The number of hydrogen-bond acceptors (Lipinski definition) is 5. The number of aliphatic hydroxyl groups is 1. The van der Waals surface area contributed by atoms with Gasteiger partial charge in [-0.25, -0.2) is 0 Å². The van der Waals surface area contributed by atoms with Gasteiger partial charge in [-0.1, -0.05) is 74.5 Å². The summed E-state index contributed by atoms with van der Waals surface area (Å²) in [5.41, 5.74) is 2.19. The highest BCUT2D eigenvalue weighted by molar-refractivity contribution is 5.14. The molecule has 2 aromatic carbocycles. The number of rotatable bonds is 9. The second kappa shape index (κ2) is 12.6. The highest BCUT2D eigenvalue weighted by Gasteiger charge is 2.39. The van der Waals surface area contributed by atoms with Crippen molar-refractivity contribution in [2.45, 2.75) is 58.1 Å². The Labute approximate surface area is 168 Å². The lowest BCUT2D eigenvalue weighted by Crippen LogP contribution is -2.34. The van der Waals surface area contributed by atoms with Gasteiger partial charge in [0.1, 0.15) is 12.2 Å². The number of benzene rings is 2. The maximum Gasteiger partial charge on any atom is 0.183 e. The Hall–Kier alpha value is -1.76. The molecule has 154 valence electrons. The van der Waals surface area contributed by atoms with Gasteiger partial charge in [-0.2, -0.15) is 0 Å². The lowest BCUT2D eigenvalue weighted by atomic mass is 10.1. The standard InChI is InChI=1S/C21H26O5.C2H6/c1-23-21-18(22)12-19(26-21)20(25-14-17-10-6-3-7-11-17)15-24-13-16-8-4-2-5-9-16;1-2/h2-11,18-22H,12-15H2,1H3;1-2H3. The number of aliphatic hydroxyl groups excluding tert-OH is 1. The summed E-state index contributed by atoms with van der Waals surface area (Å²) in [5, 5.41) is 10.1. The maximum absolute atomic E-state index is 10.1. The zero-order valence-corrected chi connectivity index (χ0v) is 17.0. The SMILES string of the molecule is CC.COC1OC(C(COCc2ccccc2)OCc2ccccc2)CC1O. The molecular weight excluding hydrogens is 356 g/mol. The minimum Gasteiger partial charge on any atom is -0.388 e. The Morgan fingerprint density at radius 3 is 2.07 bits per heavy atom. The Morgan fingerprint density at radius 2 is 1.54 bits per heavy atom. The van der Waals surface area contributed by atoms with Crippen LogP contribution in [0.4, 0.5) is 0 Å². The van der Waals surface area contributed by atoms with Gasteiger partial charge in [0.15, 0.2) is 6.29 Å². The highest BCUT2D eigenvalue weighted by Crippen LogP contribution is 2.26. The van der Waals surface area contributed by atoms with E-state index in [2.05, 4.69) is 0 Å². The molecule has 1 N–H and O–H groups in total. The van der Waals surface area contributed by atoms with Crippen molar-refractivity contribution in [2.24, 2.45) is 0 Å². The predicted molar refractivity (Wildman–Crippen MR) is 109 cm³/mol. The van der Waals surface area contributed by atoms with Crippen molar-refractivity contribution in [3.05, 3.63) is 71.8 Å². The number of methoxy groups -OCH3 is 1. The smallest absolute Gasteiger partial charge is 0.183 e. The van der Waals surface area contributed by atoms with Gasteiger partial charge in [0.05, 0.1) is 25.9 Å². The molecule has 1 saturated heterocycles. The van der Waals surface area contributed by atoms with Gasteiger partial charge in [0.2, 0.25) is 0 Å². The summed E-state index contributed by atoms with van der Waals surface area (Å²) < 4.78 is 22.9. The quantitative estimate of drug-likeness (QED) is 0.705. The van der Waals surface area contributed by atoms with Crippen LogP contribution in [0.25, 0.3) is 0 Å². The van der Waals surface area contributed by atoms with Gasteiger partial charge in [0.25, 0.3) is 0 Å². The summed E-state index contributed by atoms with van der Waals surface area (Å²) in [6.07, 6.45) is -1.35. The minimum absolute atomic E-state index is 0.269. The van der Waals surface area contributed by atoms with Crippen LogP contribution in [0.1, 0.15) is 31.4 Å². The Kier molecular flexibility index (Phi) is 10.2. The molecule has 0 radical (unpaired) electrons. The summed E-state index contributed by atoms with van der Waals surface area (Å²) in [4.78, 5) is 0. The molecule has 5 heteroatoms. The lowest BCUT2D eigenvalue weighted by Gasteiger charge is -2.24. The van der Waals surface area contributed by atoms with E-state index in [0.717, 1.165) is 11.1 Å². The molecule has 2 aromatic rings. The topological polar surface area (TPSA) is 57.2 Å². The highest BCUT2D eigenvalue weighted by atomic mass is 16.7. The Morgan fingerprint density at radius 1 is 0.964 bits per heavy atom. The normalized spacial score (nSPS) is 22.4. The molecule has 0 bridgehead atoms. The van der Waals surface area contributed by atoms with Crippen LogP contribution in [0.15, 0.2) is 60.7 Å². The van der Waals surface area contributed by atoms with Crippen LogP contribution in [0.5, 0.6) is 0 Å². The fourth-order valence-corrected chi connectivity index (χ4v) is 3.03. The molecule has 0 saturated carbocycles. The van der Waals surface area contributed by atoms with Crippen molar-refractivity contribution in [3.63, 3.8) is 0 Å². The predicted octanol–water partition coefficient (Wildman–Crippen LogP) is 3.94. The third-order valence-electron chi connectivity index (χ3n) is 4.44. The van der Waals surface area contributed by atoms with E-state index in [1.165, 1.54) is 7.11 Å². The fraction of sp³-hybridized carbons (Fsp3) is 0.478. The summed E-state index contributed by atoms with van der Waals surface area (Å²) in [6.45, 7) is 5.36.